The average molecular weight is 276 g/mol. The molecule has 0 unspecified atom stereocenters. The number of amides is 1. The summed E-state index contributed by atoms with van der Waals surface area (Å²) in [5.74, 6) is 0.926. The van der Waals surface area contributed by atoms with Crippen LogP contribution in [0, 0.1) is 0 Å². The fourth-order valence-corrected chi connectivity index (χ4v) is 2.98. The zero-order valence-corrected chi connectivity index (χ0v) is 12.6. The third-order valence-corrected chi connectivity index (χ3v) is 3.92. The predicted molar refractivity (Wildman–Crippen MR) is 79.8 cm³/mol. The van der Waals surface area contributed by atoms with E-state index in [0.29, 0.717) is 6.54 Å². The first kappa shape index (κ1) is 14.9. The van der Waals surface area contributed by atoms with Crippen LogP contribution in [0.1, 0.15) is 31.2 Å². The fraction of sp³-hybridized carbons (Fsp3) is 0.562. The summed E-state index contributed by atoms with van der Waals surface area (Å²) in [6.07, 6.45) is 4.30. The number of carbonyl (C=O) groups is 1. The van der Waals surface area contributed by atoms with E-state index in [9.17, 15) is 4.79 Å². The van der Waals surface area contributed by atoms with Crippen LogP contribution in [0.2, 0.25) is 0 Å². The van der Waals surface area contributed by atoms with Crippen molar-refractivity contribution in [2.45, 2.75) is 31.2 Å². The Balaban J connectivity index is 2.22. The number of methoxy groups -OCH3 is 1. The quantitative estimate of drug-likeness (QED) is 0.896. The lowest BCUT2D eigenvalue weighted by atomic mass is 9.88. The van der Waals surface area contributed by atoms with Gasteiger partial charge in [-0.05, 0) is 44.6 Å². The zero-order valence-electron chi connectivity index (χ0n) is 12.6. The number of nitrogens with zero attached hydrogens (tertiary/aromatic N) is 1. The summed E-state index contributed by atoms with van der Waals surface area (Å²) in [5.41, 5.74) is 0.934. The lowest BCUT2D eigenvalue weighted by molar-refractivity contribution is -0.123. The van der Waals surface area contributed by atoms with Gasteiger partial charge in [-0.1, -0.05) is 25.0 Å². The van der Waals surface area contributed by atoms with E-state index in [1.165, 1.54) is 0 Å². The molecular weight excluding hydrogens is 252 g/mol. The maximum Gasteiger partial charge on any atom is 0.234 e. The summed E-state index contributed by atoms with van der Waals surface area (Å²) in [7, 11) is 5.49. The highest BCUT2D eigenvalue weighted by Crippen LogP contribution is 2.39. The van der Waals surface area contributed by atoms with Gasteiger partial charge in [0.25, 0.3) is 0 Å². The Kier molecular flexibility index (Phi) is 4.65. The maximum absolute atomic E-state index is 12.2. The number of nitrogens with one attached hydrogen (secondary N) is 1. The second kappa shape index (κ2) is 6.27. The number of carbonyl (C=O) groups excluding carboxylic acids is 1. The predicted octanol–water partition coefficient (Wildman–Crippen LogP) is 2.14. The molecule has 0 spiro atoms. The van der Waals surface area contributed by atoms with E-state index in [4.69, 9.17) is 4.74 Å². The molecule has 20 heavy (non-hydrogen) atoms. The highest BCUT2D eigenvalue weighted by Gasteiger charge is 2.37. The van der Waals surface area contributed by atoms with Crippen molar-refractivity contribution in [3.63, 3.8) is 0 Å². The molecule has 1 fully saturated rings. The van der Waals surface area contributed by atoms with Crippen molar-refractivity contribution < 1.29 is 9.53 Å². The van der Waals surface area contributed by atoms with E-state index in [1.807, 2.05) is 37.2 Å². The zero-order chi connectivity index (χ0) is 14.6. The van der Waals surface area contributed by atoms with Crippen molar-refractivity contribution in [3.8, 4) is 5.75 Å². The standard InChI is InChI=1S/C16H24N2O2/c1-18(2)12-15(19)17-16(9-4-5-10-16)13-7-6-8-14(11-13)20-3/h6-8,11H,4-5,9-10,12H2,1-3H3,(H,17,19). The number of hydrogen-bond donors (Lipinski definition) is 1. The summed E-state index contributed by atoms with van der Waals surface area (Å²) in [6.45, 7) is 0.422. The second-order valence-corrected chi connectivity index (χ2v) is 5.81. The van der Waals surface area contributed by atoms with Crippen LogP contribution in [0.15, 0.2) is 24.3 Å². The van der Waals surface area contributed by atoms with Gasteiger partial charge in [-0.3, -0.25) is 4.79 Å². The van der Waals surface area contributed by atoms with Crippen LogP contribution in [0.3, 0.4) is 0 Å². The van der Waals surface area contributed by atoms with Gasteiger partial charge in [0.05, 0.1) is 19.2 Å². The molecule has 0 radical (unpaired) electrons. The van der Waals surface area contributed by atoms with E-state index in [1.54, 1.807) is 7.11 Å². The lowest BCUT2D eigenvalue weighted by Gasteiger charge is -2.32. The molecule has 110 valence electrons. The summed E-state index contributed by atoms with van der Waals surface area (Å²) in [5, 5.41) is 3.26. The van der Waals surface area contributed by atoms with Crippen molar-refractivity contribution in [3.05, 3.63) is 29.8 Å². The smallest absolute Gasteiger partial charge is 0.234 e. The van der Waals surface area contributed by atoms with E-state index >= 15 is 0 Å². The van der Waals surface area contributed by atoms with Gasteiger partial charge in [0.2, 0.25) is 5.91 Å². The van der Waals surface area contributed by atoms with E-state index in [2.05, 4.69) is 11.4 Å². The molecule has 2 rings (SSSR count). The summed E-state index contributed by atoms with van der Waals surface area (Å²) >= 11 is 0. The number of benzene rings is 1. The molecule has 0 heterocycles. The van der Waals surface area contributed by atoms with Crippen molar-refractivity contribution >= 4 is 5.91 Å². The Hall–Kier alpha value is -1.55. The van der Waals surface area contributed by atoms with Crippen LogP contribution >= 0.6 is 0 Å². The molecule has 0 aromatic heterocycles. The van der Waals surface area contributed by atoms with Gasteiger partial charge in [-0.25, -0.2) is 0 Å². The molecule has 0 saturated heterocycles. The van der Waals surface area contributed by atoms with Gasteiger partial charge < -0.3 is 15.0 Å². The molecule has 1 aromatic carbocycles. The molecule has 0 atom stereocenters. The van der Waals surface area contributed by atoms with Crippen LogP contribution in [-0.4, -0.2) is 38.6 Å². The lowest BCUT2D eigenvalue weighted by Crippen LogP contribution is -2.46. The summed E-state index contributed by atoms with van der Waals surface area (Å²) < 4.78 is 5.31. The third-order valence-electron chi connectivity index (χ3n) is 3.92. The molecule has 4 heteroatoms. The number of ether oxygens (including phenoxy) is 1. The molecule has 0 aliphatic heterocycles. The molecule has 1 N–H and O–H groups in total. The van der Waals surface area contributed by atoms with Crippen LogP contribution in [0.5, 0.6) is 5.75 Å². The molecule has 1 amide bonds. The van der Waals surface area contributed by atoms with Crippen LogP contribution < -0.4 is 10.1 Å². The number of rotatable bonds is 5. The van der Waals surface area contributed by atoms with Gasteiger partial charge in [0, 0.05) is 0 Å². The Morgan fingerprint density at radius 1 is 1.35 bits per heavy atom. The first-order valence-corrected chi connectivity index (χ1v) is 7.16. The van der Waals surface area contributed by atoms with E-state index < -0.39 is 0 Å². The highest BCUT2D eigenvalue weighted by atomic mass is 16.5. The maximum atomic E-state index is 12.2. The molecule has 4 nitrogen and oxygen atoms in total. The third kappa shape index (κ3) is 3.31. The molecule has 0 bridgehead atoms. The van der Waals surface area contributed by atoms with Gasteiger partial charge >= 0.3 is 0 Å². The van der Waals surface area contributed by atoms with E-state index in [-0.39, 0.29) is 11.4 Å². The molecule has 1 aromatic rings. The Labute approximate surface area is 121 Å². The fourth-order valence-electron chi connectivity index (χ4n) is 2.98. The average Bonchev–Trinajstić information content (AvgIpc) is 2.87. The topological polar surface area (TPSA) is 41.6 Å². The Morgan fingerprint density at radius 2 is 2.05 bits per heavy atom. The van der Waals surface area contributed by atoms with Crippen LogP contribution in [0.4, 0.5) is 0 Å². The van der Waals surface area contributed by atoms with Crippen LogP contribution in [-0.2, 0) is 10.3 Å². The van der Waals surface area contributed by atoms with Crippen LogP contribution in [0.25, 0.3) is 0 Å². The van der Waals surface area contributed by atoms with Crippen molar-refractivity contribution in [2.24, 2.45) is 0 Å². The SMILES string of the molecule is COc1cccc(C2(NC(=O)CN(C)C)CCCC2)c1. The van der Waals surface area contributed by atoms with Crippen molar-refractivity contribution in [2.75, 3.05) is 27.7 Å². The number of hydrogen-bond acceptors (Lipinski definition) is 3. The molecule has 1 saturated carbocycles. The monoisotopic (exact) mass is 276 g/mol. The van der Waals surface area contributed by atoms with Crippen molar-refractivity contribution in [1.82, 2.24) is 10.2 Å². The van der Waals surface area contributed by atoms with Gasteiger partial charge in [0.1, 0.15) is 5.75 Å². The second-order valence-electron chi connectivity index (χ2n) is 5.81. The van der Waals surface area contributed by atoms with E-state index in [0.717, 1.165) is 37.0 Å². The normalized spacial score (nSPS) is 17.2. The van der Waals surface area contributed by atoms with Gasteiger partial charge in [0.15, 0.2) is 0 Å². The first-order valence-electron chi connectivity index (χ1n) is 7.16. The first-order chi connectivity index (χ1) is 9.55. The van der Waals surface area contributed by atoms with Gasteiger partial charge in [-0.2, -0.15) is 0 Å². The Bertz CT molecular complexity index is 465. The minimum absolute atomic E-state index is 0.0831. The highest BCUT2D eigenvalue weighted by molar-refractivity contribution is 5.79. The van der Waals surface area contributed by atoms with Crippen molar-refractivity contribution in [1.29, 1.82) is 0 Å². The molecular formula is C16H24N2O2. The van der Waals surface area contributed by atoms with Gasteiger partial charge in [-0.15, -0.1) is 0 Å². The molecule has 1 aliphatic carbocycles. The number of likely N-dealkylation sites (N-methyl/N-ethyl adjacent to an activating group) is 1. The summed E-state index contributed by atoms with van der Waals surface area (Å²) in [4.78, 5) is 14.1. The largest absolute Gasteiger partial charge is 0.497 e. The minimum Gasteiger partial charge on any atom is -0.497 e. The Morgan fingerprint density at radius 3 is 2.65 bits per heavy atom. The molecule has 1 aliphatic rings. The summed E-state index contributed by atoms with van der Waals surface area (Å²) in [6, 6.07) is 8.06. The minimum atomic E-state index is -0.221.